The zero-order chi connectivity index (χ0) is 9.52. The molecule has 0 aliphatic carbocycles. The van der Waals surface area contributed by atoms with Crippen molar-refractivity contribution < 1.29 is 4.79 Å². The van der Waals surface area contributed by atoms with Gasteiger partial charge in [-0.25, -0.2) is 0 Å². The van der Waals surface area contributed by atoms with Crippen molar-refractivity contribution in [1.29, 1.82) is 0 Å². The van der Waals surface area contributed by atoms with Gasteiger partial charge in [-0.15, -0.1) is 0 Å². The molecule has 2 heteroatoms. The molecule has 0 radical (unpaired) electrons. The molecule has 0 bridgehead atoms. The van der Waals surface area contributed by atoms with E-state index in [-0.39, 0.29) is 5.78 Å². The minimum Gasteiger partial charge on any atom is -0.295 e. The fourth-order valence-corrected chi connectivity index (χ4v) is 1.47. The van der Waals surface area contributed by atoms with Crippen LogP contribution in [0.4, 0.5) is 0 Å². The first-order valence-corrected chi connectivity index (χ1v) is 5.41. The van der Waals surface area contributed by atoms with Crippen LogP contribution in [0, 0.1) is 0 Å². The topological polar surface area (TPSA) is 17.1 Å². The van der Waals surface area contributed by atoms with Crippen molar-refractivity contribution >= 4 is 28.4 Å². The normalized spacial score (nSPS) is 10.5. The van der Waals surface area contributed by atoms with Crippen molar-refractivity contribution in [3.05, 3.63) is 46.1 Å². The van der Waals surface area contributed by atoms with Gasteiger partial charge in [0.15, 0.2) is 5.78 Å². The Labute approximate surface area is 92.0 Å². The zero-order valence-corrected chi connectivity index (χ0v) is 9.40. The van der Waals surface area contributed by atoms with Crippen LogP contribution >= 0.6 is 22.6 Å². The Kier molecular flexibility index (Phi) is 4.75. The first-order chi connectivity index (χ1) is 6.33. The maximum absolute atomic E-state index is 11.1. The van der Waals surface area contributed by atoms with Gasteiger partial charge < -0.3 is 0 Å². The van der Waals surface area contributed by atoms with E-state index in [1.165, 1.54) is 5.56 Å². The average molecular weight is 286 g/mol. The Morgan fingerprint density at radius 2 is 2.00 bits per heavy atom. The zero-order valence-electron chi connectivity index (χ0n) is 7.24. The van der Waals surface area contributed by atoms with Gasteiger partial charge in [0.05, 0.1) is 0 Å². The number of carbonyl (C=O) groups is 1. The fourth-order valence-electron chi connectivity index (χ4n) is 1.07. The summed E-state index contributed by atoms with van der Waals surface area (Å²) in [6, 6.07) is 10.1. The van der Waals surface area contributed by atoms with Crippen molar-refractivity contribution in [3.8, 4) is 0 Å². The van der Waals surface area contributed by atoms with E-state index >= 15 is 0 Å². The number of hydrogen-bond acceptors (Lipinski definition) is 1. The van der Waals surface area contributed by atoms with Gasteiger partial charge in [0.25, 0.3) is 0 Å². The smallest absolute Gasteiger partial charge is 0.156 e. The Morgan fingerprint density at radius 1 is 1.31 bits per heavy atom. The molecule has 1 aromatic carbocycles. The van der Waals surface area contributed by atoms with E-state index in [1.54, 1.807) is 10.2 Å². The molecule has 0 fully saturated rings. The van der Waals surface area contributed by atoms with Gasteiger partial charge >= 0.3 is 0 Å². The third kappa shape index (κ3) is 4.22. The number of halogens is 1. The summed E-state index contributed by atoms with van der Waals surface area (Å²) in [5.74, 6) is 0.193. The lowest BCUT2D eigenvalue weighted by molar-refractivity contribution is -0.114. The molecule has 1 nitrogen and oxygen atoms in total. The minimum absolute atomic E-state index is 0.193. The van der Waals surface area contributed by atoms with Crippen molar-refractivity contribution in [2.75, 3.05) is 0 Å². The third-order valence-electron chi connectivity index (χ3n) is 1.75. The van der Waals surface area contributed by atoms with Crippen LogP contribution in [0.25, 0.3) is 0 Å². The summed E-state index contributed by atoms with van der Waals surface area (Å²) in [7, 11) is 0. The quantitative estimate of drug-likeness (QED) is 0.614. The van der Waals surface area contributed by atoms with Crippen molar-refractivity contribution in [2.24, 2.45) is 0 Å². The summed E-state index contributed by atoms with van der Waals surface area (Å²) in [5, 5.41) is 0. The van der Waals surface area contributed by atoms with E-state index in [0.717, 1.165) is 6.42 Å². The highest BCUT2D eigenvalue weighted by Crippen LogP contribution is 2.03. The van der Waals surface area contributed by atoms with Crippen LogP contribution in [-0.2, 0) is 11.2 Å². The van der Waals surface area contributed by atoms with Crippen LogP contribution in [0.3, 0.4) is 0 Å². The highest BCUT2D eigenvalue weighted by Gasteiger charge is 1.97. The number of rotatable bonds is 4. The van der Waals surface area contributed by atoms with E-state index in [0.29, 0.717) is 6.42 Å². The second-order valence-corrected chi connectivity index (χ2v) is 3.46. The van der Waals surface area contributed by atoms with Gasteiger partial charge in [0.1, 0.15) is 0 Å². The van der Waals surface area contributed by atoms with Crippen molar-refractivity contribution in [2.45, 2.75) is 12.8 Å². The Morgan fingerprint density at radius 3 is 2.62 bits per heavy atom. The number of ketones is 1. The largest absolute Gasteiger partial charge is 0.295 e. The average Bonchev–Trinajstić information content (AvgIpc) is 2.17. The van der Waals surface area contributed by atoms with Crippen molar-refractivity contribution in [1.82, 2.24) is 0 Å². The number of aryl methyl sites for hydroxylation is 1. The lowest BCUT2D eigenvalue weighted by Gasteiger charge is -1.96. The molecule has 0 aliphatic rings. The summed E-state index contributed by atoms with van der Waals surface area (Å²) < 4.78 is 1.76. The number of hydrogen-bond donors (Lipinski definition) is 0. The molecule has 1 aromatic rings. The van der Waals surface area contributed by atoms with Crippen LogP contribution in [-0.4, -0.2) is 5.78 Å². The predicted octanol–water partition coefficient (Wildman–Crippen LogP) is 3.14. The van der Waals surface area contributed by atoms with Crippen LogP contribution < -0.4 is 0 Å². The summed E-state index contributed by atoms with van der Waals surface area (Å²) in [5.41, 5.74) is 1.22. The predicted molar refractivity (Wildman–Crippen MR) is 62.9 cm³/mol. The standard InChI is InChI=1S/C11H11IO/c12-9-8-11(13)7-6-10-4-2-1-3-5-10/h1-5,8-9H,6-7H2. The van der Waals surface area contributed by atoms with Gasteiger partial charge in [0.2, 0.25) is 0 Å². The highest BCUT2D eigenvalue weighted by molar-refractivity contribution is 14.1. The SMILES string of the molecule is O=C(C=CI)CCc1ccccc1. The van der Waals surface area contributed by atoms with Gasteiger partial charge in [0, 0.05) is 6.42 Å². The fraction of sp³-hybridized carbons (Fsp3) is 0.182. The number of allylic oxidation sites excluding steroid dienone is 1. The first-order valence-electron chi connectivity index (χ1n) is 4.16. The molecule has 0 atom stereocenters. The summed E-state index contributed by atoms with van der Waals surface area (Å²) in [6.07, 6.45) is 3.05. The highest BCUT2D eigenvalue weighted by atomic mass is 127. The monoisotopic (exact) mass is 286 g/mol. The molecule has 0 amide bonds. The second kappa shape index (κ2) is 5.91. The minimum atomic E-state index is 0.193. The van der Waals surface area contributed by atoms with Gasteiger partial charge in [-0.3, -0.25) is 4.79 Å². The maximum atomic E-state index is 11.1. The van der Waals surface area contributed by atoms with Crippen molar-refractivity contribution in [3.63, 3.8) is 0 Å². The Bertz CT molecular complexity index is 290. The molecule has 0 saturated carbocycles. The van der Waals surface area contributed by atoms with E-state index in [1.807, 2.05) is 30.3 Å². The second-order valence-electron chi connectivity index (χ2n) is 2.74. The van der Waals surface area contributed by atoms with Crippen LogP contribution in [0.1, 0.15) is 12.0 Å². The number of benzene rings is 1. The molecule has 0 spiro atoms. The van der Waals surface area contributed by atoms with Gasteiger partial charge in [-0.1, -0.05) is 52.9 Å². The summed E-state index contributed by atoms with van der Waals surface area (Å²) in [4.78, 5) is 11.1. The molecule has 0 N–H and O–H groups in total. The first kappa shape index (κ1) is 10.4. The number of carbonyl (C=O) groups excluding carboxylic acids is 1. The van der Waals surface area contributed by atoms with E-state index < -0.39 is 0 Å². The molecule has 0 heterocycles. The summed E-state index contributed by atoms with van der Waals surface area (Å²) in [6.45, 7) is 0. The van der Waals surface area contributed by atoms with Crippen LogP contribution in [0.15, 0.2) is 40.5 Å². The van der Waals surface area contributed by atoms with Crippen LogP contribution in [0.5, 0.6) is 0 Å². The lowest BCUT2D eigenvalue weighted by atomic mass is 10.1. The van der Waals surface area contributed by atoms with Crippen LogP contribution in [0.2, 0.25) is 0 Å². The molecule has 68 valence electrons. The van der Waals surface area contributed by atoms with E-state index in [4.69, 9.17) is 0 Å². The molecule has 0 unspecified atom stereocenters. The molecule has 0 aromatic heterocycles. The maximum Gasteiger partial charge on any atom is 0.156 e. The summed E-state index contributed by atoms with van der Waals surface area (Å²) >= 11 is 2.06. The van der Waals surface area contributed by atoms with E-state index in [2.05, 4.69) is 22.6 Å². The molecule has 0 aliphatic heterocycles. The van der Waals surface area contributed by atoms with Gasteiger partial charge in [-0.2, -0.15) is 0 Å². The van der Waals surface area contributed by atoms with Gasteiger partial charge in [-0.05, 0) is 22.1 Å². The third-order valence-corrected chi connectivity index (χ3v) is 2.11. The van der Waals surface area contributed by atoms with E-state index in [9.17, 15) is 4.79 Å². The Hall–Kier alpha value is -0.640. The molecular formula is C11H11IO. The molecule has 0 saturated heterocycles. The Balaban J connectivity index is 2.40. The lowest BCUT2D eigenvalue weighted by Crippen LogP contribution is -1.95. The molecule has 1 rings (SSSR count). The molecule has 13 heavy (non-hydrogen) atoms. The molecular weight excluding hydrogens is 275 g/mol.